The summed E-state index contributed by atoms with van der Waals surface area (Å²) in [6.45, 7) is 0. The summed E-state index contributed by atoms with van der Waals surface area (Å²) in [6.07, 6.45) is 1.89. The zero-order chi connectivity index (χ0) is 39.1. The Hall–Kier alpha value is -7.62. The van der Waals surface area contributed by atoms with Gasteiger partial charge in [0.1, 0.15) is 0 Å². The Labute approximate surface area is 346 Å². The number of para-hydroxylation sites is 5. The number of fused-ring (bicyclic) bond motifs is 4. The first-order valence-corrected chi connectivity index (χ1v) is 20.4. The summed E-state index contributed by atoms with van der Waals surface area (Å²) in [7, 11) is 0. The van der Waals surface area contributed by atoms with Crippen molar-refractivity contribution in [1.82, 2.24) is 0 Å². The molecule has 0 unspecified atom stereocenters. The Morgan fingerprint density at radius 2 is 0.610 bits per heavy atom. The summed E-state index contributed by atoms with van der Waals surface area (Å²) in [6, 6.07) is 81.6. The maximum atomic E-state index is 2.41. The van der Waals surface area contributed by atoms with Crippen molar-refractivity contribution in [3.8, 4) is 22.3 Å². The van der Waals surface area contributed by atoms with Gasteiger partial charge in [-0.15, -0.1) is 0 Å². The summed E-state index contributed by atoms with van der Waals surface area (Å²) < 4.78 is 0. The molecule has 0 atom stereocenters. The number of hydrogen-bond acceptors (Lipinski definition) is 3. The van der Waals surface area contributed by atoms with Crippen molar-refractivity contribution in [3.63, 3.8) is 0 Å². The topological polar surface area (TPSA) is 9.72 Å². The average molecular weight is 756 g/mol. The summed E-state index contributed by atoms with van der Waals surface area (Å²) >= 11 is 0. The fourth-order valence-corrected chi connectivity index (χ4v) is 9.02. The van der Waals surface area contributed by atoms with Crippen molar-refractivity contribution in [2.45, 2.75) is 12.8 Å². The van der Waals surface area contributed by atoms with Crippen molar-refractivity contribution in [3.05, 3.63) is 247 Å². The predicted molar refractivity (Wildman–Crippen MR) is 247 cm³/mol. The van der Waals surface area contributed by atoms with Gasteiger partial charge in [-0.25, -0.2) is 0 Å². The second-order valence-corrected chi connectivity index (χ2v) is 15.4. The minimum Gasteiger partial charge on any atom is -0.311 e. The number of nitrogens with zero attached hydrogens (tertiary/aromatic N) is 3. The van der Waals surface area contributed by atoms with Crippen LogP contribution in [0.15, 0.2) is 224 Å². The lowest BCUT2D eigenvalue weighted by Gasteiger charge is -2.33. The number of benzene rings is 9. The van der Waals surface area contributed by atoms with Crippen molar-refractivity contribution in [2.24, 2.45) is 0 Å². The number of rotatable bonds is 7. The van der Waals surface area contributed by atoms with Crippen LogP contribution in [0.4, 0.5) is 51.2 Å². The molecule has 0 N–H and O–H groups in total. The minimum absolute atomic E-state index is 0.946. The Morgan fingerprint density at radius 3 is 1.00 bits per heavy atom. The van der Waals surface area contributed by atoms with Gasteiger partial charge >= 0.3 is 0 Å². The van der Waals surface area contributed by atoms with E-state index in [4.69, 9.17) is 0 Å². The van der Waals surface area contributed by atoms with Gasteiger partial charge in [0, 0.05) is 64.0 Å². The maximum Gasteiger partial charge on any atom is 0.0497 e. The lowest BCUT2D eigenvalue weighted by atomic mass is 9.94. The van der Waals surface area contributed by atoms with Crippen LogP contribution < -0.4 is 14.7 Å². The molecule has 59 heavy (non-hydrogen) atoms. The minimum atomic E-state index is 0.946. The van der Waals surface area contributed by atoms with Gasteiger partial charge in [0.15, 0.2) is 0 Å². The first-order valence-electron chi connectivity index (χ1n) is 20.4. The molecule has 0 aromatic heterocycles. The summed E-state index contributed by atoms with van der Waals surface area (Å²) in [5, 5.41) is 0. The van der Waals surface area contributed by atoms with Gasteiger partial charge < -0.3 is 14.7 Å². The standard InChI is InChI=1S/C56H41N3/c1-2-20-48(21-3-1)57(49-32-28-40(29-33-49)42-18-12-22-51(38-42)58-53-24-8-4-14-44(53)36-45-15-5-9-25-54(45)58)50-34-30-41(31-35-50)43-19-13-23-52(39-43)59-55-26-10-6-16-46(55)37-47-17-7-11-27-56(47)59/h1-35,38-39H,36-37H2. The largest absolute Gasteiger partial charge is 0.311 e. The molecule has 2 aliphatic rings. The quantitative estimate of drug-likeness (QED) is 0.160. The summed E-state index contributed by atoms with van der Waals surface area (Å²) in [5.74, 6) is 0. The lowest BCUT2D eigenvalue weighted by Crippen LogP contribution is -2.18. The molecule has 0 radical (unpaired) electrons. The van der Waals surface area contributed by atoms with Crippen LogP contribution in [0.25, 0.3) is 22.3 Å². The van der Waals surface area contributed by atoms with Gasteiger partial charge in [0.05, 0.1) is 0 Å². The molecule has 0 bridgehead atoms. The van der Waals surface area contributed by atoms with Crippen LogP contribution in [0.2, 0.25) is 0 Å². The van der Waals surface area contributed by atoms with E-state index in [1.165, 1.54) is 67.3 Å². The second-order valence-electron chi connectivity index (χ2n) is 15.4. The third kappa shape index (κ3) is 6.34. The monoisotopic (exact) mass is 755 g/mol. The molecule has 0 amide bonds. The van der Waals surface area contributed by atoms with E-state index in [1.807, 2.05) is 0 Å². The third-order valence-electron chi connectivity index (χ3n) is 11.8. The Bertz CT molecular complexity index is 2680. The smallest absolute Gasteiger partial charge is 0.0497 e. The fourth-order valence-electron chi connectivity index (χ4n) is 9.02. The molecule has 11 rings (SSSR count). The first kappa shape index (κ1) is 34.6. The molecule has 9 aromatic carbocycles. The van der Waals surface area contributed by atoms with Crippen LogP contribution in [0.1, 0.15) is 22.3 Å². The van der Waals surface area contributed by atoms with Gasteiger partial charge in [-0.2, -0.15) is 0 Å². The Morgan fingerprint density at radius 1 is 0.271 bits per heavy atom. The van der Waals surface area contributed by atoms with Crippen molar-refractivity contribution >= 4 is 51.2 Å². The van der Waals surface area contributed by atoms with E-state index in [0.717, 1.165) is 41.3 Å². The van der Waals surface area contributed by atoms with Gasteiger partial charge in [-0.1, -0.05) is 140 Å². The van der Waals surface area contributed by atoms with Crippen LogP contribution in [-0.2, 0) is 12.8 Å². The van der Waals surface area contributed by atoms with Crippen LogP contribution in [0.3, 0.4) is 0 Å². The maximum absolute atomic E-state index is 2.41. The number of anilines is 9. The highest BCUT2D eigenvalue weighted by Crippen LogP contribution is 2.46. The molecule has 280 valence electrons. The second kappa shape index (κ2) is 14.7. The van der Waals surface area contributed by atoms with Crippen molar-refractivity contribution in [1.29, 1.82) is 0 Å². The normalized spacial score (nSPS) is 12.5. The average Bonchev–Trinajstić information content (AvgIpc) is 3.31. The zero-order valence-electron chi connectivity index (χ0n) is 32.6. The van der Waals surface area contributed by atoms with E-state index in [2.05, 4.69) is 239 Å². The van der Waals surface area contributed by atoms with Crippen molar-refractivity contribution < 1.29 is 0 Å². The highest BCUT2D eigenvalue weighted by Gasteiger charge is 2.25. The third-order valence-corrected chi connectivity index (χ3v) is 11.8. The molecule has 2 heterocycles. The highest BCUT2D eigenvalue weighted by molar-refractivity contribution is 5.88. The van der Waals surface area contributed by atoms with E-state index >= 15 is 0 Å². The van der Waals surface area contributed by atoms with E-state index in [0.29, 0.717) is 0 Å². The molecular formula is C56H41N3. The highest BCUT2D eigenvalue weighted by atomic mass is 15.2. The van der Waals surface area contributed by atoms with Gasteiger partial charge in [-0.3, -0.25) is 0 Å². The van der Waals surface area contributed by atoms with Gasteiger partial charge in [0.2, 0.25) is 0 Å². The first-order chi connectivity index (χ1) is 29.2. The van der Waals surface area contributed by atoms with Gasteiger partial charge in [-0.05, 0) is 129 Å². The molecule has 0 aliphatic carbocycles. The summed E-state index contributed by atoms with van der Waals surface area (Å²) in [4.78, 5) is 7.16. The zero-order valence-corrected chi connectivity index (χ0v) is 32.6. The molecule has 0 spiro atoms. The molecule has 2 aliphatic heterocycles. The predicted octanol–water partition coefficient (Wildman–Crippen LogP) is 15.2. The van der Waals surface area contributed by atoms with Crippen LogP contribution in [0.5, 0.6) is 0 Å². The molecule has 3 nitrogen and oxygen atoms in total. The lowest BCUT2D eigenvalue weighted by molar-refractivity contribution is 1.09. The fraction of sp³-hybridized carbons (Fsp3) is 0.0357. The molecule has 0 saturated carbocycles. The Kier molecular flexibility index (Phi) is 8.63. The van der Waals surface area contributed by atoms with Crippen molar-refractivity contribution in [2.75, 3.05) is 14.7 Å². The molecular weight excluding hydrogens is 715 g/mol. The number of hydrogen-bond donors (Lipinski definition) is 0. The SMILES string of the molecule is c1ccc(N(c2ccc(-c3cccc(N4c5ccccc5Cc5ccccc54)c3)cc2)c2ccc(-c3cccc(N4c5ccccc5Cc5ccccc54)c3)cc2)cc1. The van der Waals surface area contributed by atoms with Crippen LogP contribution >= 0.6 is 0 Å². The van der Waals surface area contributed by atoms with E-state index < -0.39 is 0 Å². The van der Waals surface area contributed by atoms with E-state index in [-0.39, 0.29) is 0 Å². The summed E-state index contributed by atoms with van der Waals surface area (Å²) in [5.41, 5.74) is 20.7. The molecule has 3 heteroatoms. The Balaban J connectivity index is 0.907. The van der Waals surface area contributed by atoms with Crippen LogP contribution in [-0.4, -0.2) is 0 Å². The molecule has 0 saturated heterocycles. The van der Waals surface area contributed by atoms with E-state index in [9.17, 15) is 0 Å². The molecule has 9 aromatic rings. The van der Waals surface area contributed by atoms with Crippen LogP contribution in [0, 0.1) is 0 Å². The molecule has 0 fully saturated rings. The van der Waals surface area contributed by atoms with Gasteiger partial charge in [0.25, 0.3) is 0 Å². The van der Waals surface area contributed by atoms with E-state index in [1.54, 1.807) is 0 Å².